The van der Waals surface area contributed by atoms with E-state index in [0.717, 1.165) is 17.3 Å². The first kappa shape index (κ1) is 12.4. The van der Waals surface area contributed by atoms with Crippen LogP contribution in [0, 0.1) is 5.92 Å². The first-order valence-corrected chi connectivity index (χ1v) is 6.23. The molecule has 0 bridgehead atoms. The van der Waals surface area contributed by atoms with Gasteiger partial charge in [-0.2, -0.15) is 11.8 Å². The van der Waals surface area contributed by atoms with Crippen molar-refractivity contribution in [3.8, 4) is 5.75 Å². The van der Waals surface area contributed by atoms with Gasteiger partial charge in [-0.25, -0.2) is 0 Å². The van der Waals surface area contributed by atoms with E-state index >= 15 is 0 Å². The molecule has 0 aromatic heterocycles. The van der Waals surface area contributed by atoms with Crippen LogP contribution in [-0.4, -0.2) is 24.6 Å². The van der Waals surface area contributed by atoms with Crippen LogP contribution in [0.2, 0.25) is 0 Å². The average Bonchev–Trinajstić information content (AvgIpc) is 2.29. The van der Waals surface area contributed by atoms with Crippen molar-refractivity contribution < 1.29 is 9.84 Å². The number of rotatable bonds is 6. The highest BCUT2D eigenvalue weighted by atomic mass is 32.2. The summed E-state index contributed by atoms with van der Waals surface area (Å²) in [6.45, 7) is 2.33. The van der Waals surface area contributed by atoms with Gasteiger partial charge in [0.1, 0.15) is 5.75 Å². The zero-order chi connectivity index (χ0) is 11.1. The molecular formula is C12H18O2S. The summed E-state index contributed by atoms with van der Waals surface area (Å²) in [6.07, 6.45) is 0. The largest absolute Gasteiger partial charge is 0.497 e. The molecule has 0 fully saturated rings. The molecule has 1 aromatic rings. The Hall–Kier alpha value is -0.670. The van der Waals surface area contributed by atoms with Gasteiger partial charge in [0.05, 0.1) is 7.11 Å². The van der Waals surface area contributed by atoms with Crippen LogP contribution in [0.1, 0.15) is 12.5 Å². The van der Waals surface area contributed by atoms with Crippen LogP contribution in [0.25, 0.3) is 0 Å². The van der Waals surface area contributed by atoms with Crippen LogP contribution in [-0.2, 0) is 5.75 Å². The fraction of sp³-hybridized carbons (Fsp3) is 0.500. The maximum atomic E-state index is 8.87. The quantitative estimate of drug-likeness (QED) is 0.808. The SMILES string of the molecule is COc1ccc(CSC[C@H](C)CO)cc1. The summed E-state index contributed by atoms with van der Waals surface area (Å²) < 4.78 is 5.09. The summed E-state index contributed by atoms with van der Waals surface area (Å²) in [7, 11) is 1.67. The molecule has 0 unspecified atom stereocenters. The summed E-state index contributed by atoms with van der Waals surface area (Å²) in [5, 5.41) is 8.87. The first-order chi connectivity index (χ1) is 7.26. The Labute approximate surface area is 95.7 Å². The van der Waals surface area contributed by atoms with Crippen LogP contribution in [0.3, 0.4) is 0 Å². The smallest absolute Gasteiger partial charge is 0.118 e. The standard InChI is InChI=1S/C12H18O2S/c1-10(7-13)8-15-9-11-3-5-12(14-2)6-4-11/h3-6,10,13H,7-9H2,1-2H3/t10-/m1/s1. The lowest BCUT2D eigenvalue weighted by Crippen LogP contribution is -2.03. The third-order valence-electron chi connectivity index (χ3n) is 2.14. The van der Waals surface area contributed by atoms with Gasteiger partial charge in [0.2, 0.25) is 0 Å². The van der Waals surface area contributed by atoms with Gasteiger partial charge in [-0.1, -0.05) is 19.1 Å². The van der Waals surface area contributed by atoms with E-state index in [1.807, 2.05) is 23.9 Å². The zero-order valence-corrected chi connectivity index (χ0v) is 10.1. The molecule has 2 nitrogen and oxygen atoms in total. The average molecular weight is 226 g/mol. The molecule has 1 atom stereocenters. The Morgan fingerprint density at radius 1 is 1.33 bits per heavy atom. The third-order valence-corrected chi connectivity index (χ3v) is 3.48. The van der Waals surface area contributed by atoms with Gasteiger partial charge in [0, 0.05) is 12.4 Å². The van der Waals surface area contributed by atoms with E-state index in [4.69, 9.17) is 9.84 Å². The van der Waals surface area contributed by atoms with E-state index in [1.165, 1.54) is 5.56 Å². The zero-order valence-electron chi connectivity index (χ0n) is 9.27. The Morgan fingerprint density at radius 3 is 2.53 bits per heavy atom. The second-order valence-corrected chi connectivity index (χ2v) is 4.68. The van der Waals surface area contributed by atoms with Crippen molar-refractivity contribution in [2.75, 3.05) is 19.5 Å². The van der Waals surface area contributed by atoms with E-state index < -0.39 is 0 Å². The van der Waals surface area contributed by atoms with Crippen LogP contribution in [0.4, 0.5) is 0 Å². The minimum Gasteiger partial charge on any atom is -0.497 e. The summed E-state index contributed by atoms with van der Waals surface area (Å²) in [5.41, 5.74) is 1.30. The molecule has 15 heavy (non-hydrogen) atoms. The minimum atomic E-state index is 0.273. The highest BCUT2D eigenvalue weighted by Gasteiger charge is 2.00. The van der Waals surface area contributed by atoms with Crippen molar-refractivity contribution >= 4 is 11.8 Å². The molecule has 0 radical (unpaired) electrons. The summed E-state index contributed by atoms with van der Waals surface area (Å²) in [5.74, 6) is 3.28. The van der Waals surface area contributed by atoms with Crippen molar-refractivity contribution in [2.45, 2.75) is 12.7 Å². The Bertz CT molecular complexity index is 271. The monoisotopic (exact) mass is 226 g/mol. The fourth-order valence-electron chi connectivity index (χ4n) is 1.15. The number of hydrogen-bond acceptors (Lipinski definition) is 3. The van der Waals surface area contributed by atoms with Crippen molar-refractivity contribution in [3.05, 3.63) is 29.8 Å². The Kier molecular flexibility index (Phi) is 5.58. The Morgan fingerprint density at radius 2 is 2.00 bits per heavy atom. The molecule has 0 saturated heterocycles. The normalized spacial score (nSPS) is 12.5. The van der Waals surface area contributed by atoms with Gasteiger partial charge < -0.3 is 9.84 Å². The number of ether oxygens (including phenoxy) is 1. The molecule has 1 aromatic carbocycles. The molecular weight excluding hydrogens is 208 g/mol. The molecule has 0 aliphatic heterocycles. The van der Waals surface area contributed by atoms with Gasteiger partial charge in [-0.3, -0.25) is 0 Å². The molecule has 1 N–H and O–H groups in total. The van der Waals surface area contributed by atoms with Crippen LogP contribution in [0.5, 0.6) is 5.75 Å². The van der Waals surface area contributed by atoms with Gasteiger partial charge >= 0.3 is 0 Å². The van der Waals surface area contributed by atoms with E-state index in [1.54, 1.807) is 7.11 Å². The molecule has 84 valence electrons. The van der Waals surface area contributed by atoms with Gasteiger partial charge in [0.25, 0.3) is 0 Å². The highest BCUT2D eigenvalue weighted by molar-refractivity contribution is 7.98. The maximum Gasteiger partial charge on any atom is 0.118 e. The minimum absolute atomic E-state index is 0.273. The lowest BCUT2D eigenvalue weighted by atomic mass is 10.2. The van der Waals surface area contributed by atoms with Crippen LogP contribution < -0.4 is 4.74 Å². The first-order valence-electron chi connectivity index (χ1n) is 5.07. The molecule has 0 aliphatic rings. The molecule has 1 rings (SSSR count). The fourth-order valence-corrected chi connectivity index (χ4v) is 2.21. The number of thioether (sulfide) groups is 1. The molecule has 0 heterocycles. The van der Waals surface area contributed by atoms with Gasteiger partial charge in [-0.15, -0.1) is 0 Å². The second kappa shape index (κ2) is 6.75. The predicted octanol–water partition coefficient (Wildman–Crippen LogP) is 2.56. The third kappa shape index (κ3) is 4.58. The van der Waals surface area contributed by atoms with Crippen molar-refractivity contribution in [2.24, 2.45) is 5.92 Å². The summed E-state index contributed by atoms with van der Waals surface area (Å²) in [4.78, 5) is 0. The topological polar surface area (TPSA) is 29.5 Å². The summed E-state index contributed by atoms with van der Waals surface area (Å²) >= 11 is 1.85. The lowest BCUT2D eigenvalue weighted by Gasteiger charge is -2.07. The molecule has 0 amide bonds. The van der Waals surface area contributed by atoms with Gasteiger partial charge in [-0.05, 0) is 29.4 Å². The van der Waals surface area contributed by atoms with E-state index in [2.05, 4.69) is 19.1 Å². The molecule has 0 spiro atoms. The number of methoxy groups -OCH3 is 1. The van der Waals surface area contributed by atoms with E-state index in [9.17, 15) is 0 Å². The van der Waals surface area contributed by atoms with E-state index in [0.29, 0.717) is 5.92 Å². The molecule has 0 aliphatic carbocycles. The van der Waals surface area contributed by atoms with Crippen LogP contribution in [0.15, 0.2) is 24.3 Å². The van der Waals surface area contributed by atoms with Gasteiger partial charge in [0.15, 0.2) is 0 Å². The molecule has 0 saturated carbocycles. The number of benzene rings is 1. The number of hydrogen-bond donors (Lipinski definition) is 1. The lowest BCUT2D eigenvalue weighted by molar-refractivity contribution is 0.250. The Balaban J connectivity index is 2.31. The highest BCUT2D eigenvalue weighted by Crippen LogP contribution is 2.18. The predicted molar refractivity (Wildman–Crippen MR) is 65.4 cm³/mol. The van der Waals surface area contributed by atoms with Crippen molar-refractivity contribution in [1.82, 2.24) is 0 Å². The number of aliphatic hydroxyl groups excluding tert-OH is 1. The second-order valence-electron chi connectivity index (χ2n) is 3.65. The van der Waals surface area contributed by atoms with Crippen molar-refractivity contribution in [3.63, 3.8) is 0 Å². The van der Waals surface area contributed by atoms with Crippen LogP contribution >= 0.6 is 11.8 Å². The molecule has 3 heteroatoms. The maximum absolute atomic E-state index is 8.87. The summed E-state index contributed by atoms with van der Waals surface area (Å²) in [6, 6.07) is 8.11. The van der Waals surface area contributed by atoms with E-state index in [-0.39, 0.29) is 6.61 Å². The number of aliphatic hydroxyl groups is 1. The van der Waals surface area contributed by atoms with Crippen molar-refractivity contribution in [1.29, 1.82) is 0 Å².